The Kier molecular flexibility index (Phi) is 6.14. The molecule has 0 unspecified atom stereocenters. The molecule has 0 aromatic carbocycles. The summed E-state index contributed by atoms with van der Waals surface area (Å²) in [4.78, 5) is 20.4. The number of anilines is 1. The minimum absolute atomic E-state index is 0.0614. The zero-order valence-electron chi connectivity index (χ0n) is 13.3. The summed E-state index contributed by atoms with van der Waals surface area (Å²) >= 11 is 1.57. The highest BCUT2D eigenvalue weighted by Crippen LogP contribution is 2.23. The number of nitrogens with zero attached hydrogens (tertiary/aromatic N) is 3. The maximum absolute atomic E-state index is 11.5. The molecule has 1 saturated heterocycles. The Balaban J connectivity index is 1.87. The third-order valence-electron chi connectivity index (χ3n) is 4.05. The van der Waals surface area contributed by atoms with Crippen molar-refractivity contribution in [2.45, 2.75) is 33.2 Å². The molecule has 2 heterocycles. The molecule has 0 atom stereocenters. The van der Waals surface area contributed by atoms with Gasteiger partial charge in [-0.25, -0.2) is 4.98 Å². The molecular weight excluding hydrogens is 284 g/mol. The first-order chi connectivity index (χ1) is 10.1. The standard InChI is InChI=1S/C15H26N4OS/c1-4-19(12(2)20)15-17-14(11-21-15)10-18-7-5-13(6-8-18)9-16-3/h11,13,16H,4-10H2,1-3H3. The molecule has 0 saturated carbocycles. The van der Waals surface area contributed by atoms with Crippen LogP contribution in [0.2, 0.25) is 0 Å². The van der Waals surface area contributed by atoms with Crippen LogP contribution in [0.1, 0.15) is 32.4 Å². The first-order valence-corrected chi connectivity index (χ1v) is 8.61. The number of carbonyl (C=O) groups excluding carboxylic acids is 1. The van der Waals surface area contributed by atoms with E-state index in [9.17, 15) is 4.79 Å². The predicted molar refractivity (Wildman–Crippen MR) is 87.7 cm³/mol. The van der Waals surface area contributed by atoms with Crippen LogP contribution in [0.4, 0.5) is 5.13 Å². The quantitative estimate of drug-likeness (QED) is 0.872. The lowest BCUT2D eigenvalue weighted by molar-refractivity contribution is -0.116. The largest absolute Gasteiger partial charge is 0.319 e. The van der Waals surface area contributed by atoms with Crippen LogP contribution >= 0.6 is 11.3 Å². The van der Waals surface area contributed by atoms with Crippen LogP contribution in [0.25, 0.3) is 0 Å². The maximum atomic E-state index is 11.5. The Hall–Kier alpha value is -0.980. The van der Waals surface area contributed by atoms with E-state index in [2.05, 4.69) is 20.6 Å². The summed E-state index contributed by atoms with van der Waals surface area (Å²) in [6.45, 7) is 8.56. The van der Waals surface area contributed by atoms with E-state index in [1.54, 1.807) is 23.2 Å². The van der Waals surface area contributed by atoms with Gasteiger partial charge in [-0.05, 0) is 52.4 Å². The lowest BCUT2D eigenvalue weighted by Crippen LogP contribution is -2.36. The number of thiazole rings is 1. The van der Waals surface area contributed by atoms with Gasteiger partial charge in [0.2, 0.25) is 5.91 Å². The van der Waals surface area contributed by atoms with Crippen molar-refractivity contribution in [2.24, 2.45) is 5.92 Å². The fourth-order valence-electron chi connectivity index (χ4n) is 2.85. The van der Waals surface area contributed by atoms with Crippen LogP contribution in [-0.4, -0.2) is 49.0 Å². The number of hydrogen-bond donors (Lipinski definition) is 1. The molecule has 1 aromatic heterocycles. The van der Waals surface area contributed by atoms with Gasteiger partial charge in [0, 0.05) is 25.4 Å². The fourth-order valence-corrected chi connectivity index (χ4v) is 3.78. The Labute approximate surface area is 131 Å². The number of amides is 1. The molecule has 21 heavy (non-hydrogen) atoms. The van der Waals surface area contributed by atoms with Gasteiger partial charge in [0.15, 0.2) is 5.13 Å². The van der Waals surface area contributed by atoms with E-state index < -0.39 is 0 Å². The van der Waals surface area contributed by atoms with Gasteiger partial charge in [-0.2, -0.15) is 0 Å². The molecular formula is C15H26N4OS. The highest BCUT2D eigenvalue weighted by Gasteiger charge is 2.20. The third-order valence-corrected chi connectivity index (χ3v) is 4.96. The number of piperidine rings is 1. The molecule has 0 bridgehead atoms. The van der Waals surface area contributed by atoms with E-state index >= 15 is 0 Å². The maximum Gasteiger partial charge on any atom is 0.225 e. The van der Waals surface area contributed by atoms with Crippen LogP contribution in [0.3, 0.4) is 0 Å². The minimum atomic E-state index is 0.0614. The van der Waals surface area contributed by atoms with Gasteiger partial charge in [-0.1, -0.05) is 0 Å². The van der Waals surface area contributed by atoms with Gasteiger partial charge in [0.25, 0.3) is 0 Å². The van der Waals surface area contributed by atoms with Crippen molar-refractivity contribution >= 4 is 22.4 Å². The van der Waals surface area contributed by atoms with E-state index in [-0.39, 0.29) is 5.91 Å². The third kappa shape index (κ3) is 4.49. The second kappa shape index (κ2) is 7.87. The molecule has 2 rings (SSSR count). The molecule has 1 amide bonds. The average molecular weight is 310 g/mol. The van der Waals surface area contributed by atoms with Crippen molar-refractivity contribution < 1.29 is 4.79 Å². The summed E-state index contributed by atoms with van der Waals surface area (Å²) in [5.74, 6) is 0.872. The van der Waals surface area contributed by atoms with Crippen molar-refractivity contribution in [1.82, 2.24) is 15.2 Å². The van der Waals surface area contributed by atoms with Gasteiger partial charge in [-0.3, -0.25) is 14.6 Å². The average Bonchev–Trinajstić information content (AvgIpc) is 2.90. The highest BCUT2D eigenvalue weighted by atomic mass is 32.1. The predicted octanol–water partition coefficient (Wildman–Crippen LogP) is 1.95. The number of likely N-dealkylation sites (tertiary alicyclic amines) is 1. The number of nitrogens with one attached hydrogen (secondary N) is 1. The Bertz CT molecular complexity index is 454. The van der Waals surface area contributed by atoms with Crippen molar-refractivity contribution in [3.8, 4) is 0 Å². The van der Waals surface area contributed by atoms with Gasteiger partial charge in [0.1, 0.15) is 0 Å². The second-order valence-corrected chi connectivity index (χ2v) is 6.50. The summed E-state index contributed by atoms with van der Waals surface area (Å²) in [7, 11) is 2.03. The van der Waals surface area contributed by atoms with E-state index in [4.69, 9.17) is 0 Å². The van der Waals surface area contributed by atoms with Gasteiger partial charge in [-0.15, -0.1) is 11.3 Å². The zero-order chi connectivity index (χ0) is 15.2. The van der Waals surface area contributed by atoms with Crippen LogP contribution in [0.5, 0.6) is 0 Å². The Morgan fingerprint density at radius 1 is 1.52 bits per heavy atom. The molecule has 1 aliphatic rings. The van der Waals surface area contributed by atoms with Crippen molar-refractivity contribution in [1.29, 1.82) is 0 Å². The number of carbonyl (C=O) groups is 1. The topological polar surface area (TPSA) is 48.5 Å². The first-order valence-electron chi connectivity index (χ1n) is 7.73. The normalized spacial score (nSPS) is 17.1. The molecule has 1 aliphatic heterocycles. The molecule has 6 heteroatoms. The van der Waals surface area contributed by atoms with E-state index in [0.717, 1.165) is 42.9 Å². The van der Waals surface area contributed by atoms with Gasteiger partial charge >= 0.3 is 0 Å². The molecule has 1 N–H and O–H groups in total. The molecule has 1 aromatic rings. The lowest BCUT2D eigenvalue weighted by Gasteiger charge is -2.31. The molecule has 118 valence electrons. The number of hydrogen-bond acceptors (Lipinski definition) is 5. The van der Waals surface area contributed by atoms with E-state index in [0.29, 0.717) is 6.54 Å². The minimum Gasteiger partial charge on any atom is -0.319 e. The van der Waals surface area contributed by atoms with Crippen LogP contribution in [0, 0.1) is 5.92 Å². The first kappa shape index (κ1) is 16.4. The highest BCUT2D eigenvalue weighted by molar-refractivity contribution is 7.14. The summed E-state index contributed by atoms with van der Waals surface area (Å²) in [6, 6.07) is 0. The zero-order valence-corrected chi connectivity index (χ0v) is 14.1. The second-order valence-electron chi connectivity index (χ2n) is 5.66. The van der Waals surface area contributed by atoms with Gasteiger partial charge in [0.05, 0.1) is 5.69 Å². The monoisotopic (exact) mass is 310 g/mol. The molecule has 5 nitrogen and oxygen atoms in total. The Morgan fingerprint density at radius 3 is 2.81 bits per heavy atom. The summed E-state index contributed by atoms with van der Waals surface area (Å²) in [5.41, 5.74) is 1.08. The number of aromatic nitrogens is 1. The van der Waals surface area contributed by atoms with Gasteiger partial charge < -0.3 is 5.32 Å². The summed E-state index contributed by atoms with van der Waals surface area (Å²) in [5, 5.41) is 6.18. The van der Waals surface area contributed by atoms with Crippen molar-refractivity contribution in [3.63, 3.8) is 0 Å². The molecule has 1 fully saturated rings. The Morgan fingerprint density at radius 2 is 2.24 bits per heavy atom. The summed E-state index contributed by atoms with van der Waals surface area (Å²) in [6.07, 6.45) is 2.51. The number of rotatable bonds is 6. The fraction of sp³-hybridized carbons (Fsp3) is 0.733. The van der Waals surface area contributed by atoms with E-state index in [1.807, 2.05) is 14.0 Å². The van der Waals surface area contributed by atoms with Crippen molar-refractivity contribution in [2.75, 3.05) is 38.1 Å². The molecule has 0 aliphatic carbocycles. The van der Waals surface area contributed by atoms with Crippen LogP contribution in [0.15, 0.2) is 5.38 Å². The van der Waals surface area contributed by atoms with Crippen molar-refractivity contribution in [3.05, 3.63) is 11.1 Å². The molecule has 0 spiro atoms. The summed E-state index contributed by atoms with van der Waals surface area (Å²) < 4.78 is 0. The smallest absolute Gasteiger partial charge is 0.225 e. The van der Waals surface area contributed by atoms with E-state index in [1.165, 1.54) is 12.8 Å². The molecule has 0 radical (unpaired) electrons. The van der Waals surface area contributed by atoms with Crippen LogP contribution in [-0.2, 0) is 11.3 Å². The SMILES string of the molecule is CCN(C(C)=O)c1nc(CN2CCC(CNC)CC2)cs1. The van der Waals surface area contributed by atoms with Crippen LogP contribution < -0.4 is 10.2 Å². The lowest BCUT2D eigenvalue weighted by atomic mass is 9.97.